The lowest BCUT2D eigenvalue weighted by atomic mass is 10.2. The summed E-state index contributed by atoms with van der Waals surface area (Å²) >= 11 is 0. The number of carbonyl (C=O) groups excluding carboxylic acids is 1. The van der Waals surface area contributed by atoms with Crippen molar-refractivity contribution in [1.29, 1.82) is 0 Å². The largest absolute Gasteiger partial charge is 0.423 e. The maximum absolute atomic E-state index is 12.5. The summed E-state index contributed by atoms with van der Waals surface area (Å²) in [4.78, 5) is 11.5. The number of ether oxygens (including phenoxy) is 1. The van der Waals surface area contributed by atoms with E-state index in [1.54, 1.807) is 24.3 Å². The van der Waals surface area contributed by atoms with Crippen LogP contribution in [0.3, 0.4) is 0 Å². The Kier molecular flexibility index (Phi) is 4.78. The molecule has 0 spiro atoms. The molecule has 0 aromatic heterocycles. The summed E-state index contributed by atoms with van der Waals surface area (Å²) in [6.07, 6.45) is 1.89. The normalized spacial score (nSPS) is 11.0. The third kappa shape index (κ3) is 3.43. The lowest BCUT2D eigenvalue weighted by Gasteiger charge is -2.07. The summed E-state index contributed by atoms with van der Waals surface area (Å²) in [5.74, 6) is -0.323. The minimum atomic E-state index is -3.58. The number of hydrogen-bond acceptors (Lipinski definition) is 4. The van der Waals surface area contributed by atoms with E-state index in [0.717, 1.165) is 18.1 Å². The second-order valence-electron chi connectivity index (χ2n) is 4.60. The first kappa shape index (κ1) is 16.0. The zero-order valence-electron chi connectivity index (χ0n) is 12.2. The molecule has 0 saturated carbocycles. The quantitative estimate of drug-likeness (QED) is 0.483. The zero-order chi connectivity index (χ0) is 16.2. The van der Waals surface area contributed by atoms with Gasteiger partial charge in [0.1, 0.15) is 5.75 Å². The monoisotopic (exact) mass is 316 g/mol. The van der Waals surface area contributed by atoms with Crippen molar-refractivity contribution in [3.05, 3.63) is 66.7 Å². The van der Waals surface area contributed by atoms with Crippen LogP contribution in [0.4, 0.5) is 0 Å². The molecule has 5 heteroatoms. The van der Waals surface area contributed by atoms with E-state index in [2.05, 4.69) is 6.58 Å². The highest BCUT2D eigenvalue weighted by Gasteiger charge is 2.17. The van der Waals surface area contributed by atoms with Gasteiger partial charge in [-0.1, -0.05) is 25.6 Å². The molecule has 0 amide bonds. The van der Waals surface area contributed by atoms with Crippen LogP contribution in [0.1, 0.15) is 12.5 Å². The molecule has 4 nitrogen and oxygen atoms in total. The van der Waals surface area contributed by atoms with Crippen molar-refractivity contribution in [3.63, 3.8) is 0 Å². The van der Waals surface area contributed by atoms with Crippen LogP contribution in [0.2, 0.25) is 0 Å². The van der Waals surface area contributed by atoms with E-state index in [4.69, 9.17) is 4.74 Å². The van der Waals surface area contributed by atoms with Crippen molar-refractivity contribution < 1.29 is 17.9 Å². The Morgan fingerprint density at radius 3 is 2.00 bits per heavy atom. The van der Waals surface area contributed by atoms with Crippen LogP contribution >= 0.6 is 0 Å². The van der Waals surface area contributed by atoms with Gasteiger partial charge in [-0.25, -0.2) is 13.2 Å². The maximum atomic E-state index is 12.5. The minimum absolute atomic E-state index is 0.148. The fraction of sp³-hybridized carbons (Fsp3) is 0.118. The van der Waals surface area contributed by atoms with E-state index in [1.165, 1.54) is 24.3 Å². The van der Waals surface area contributed by atoms with Gasteiger partial charge >= 0.3 is 5.97 Å². The Bertz CT molecular complexity index is 772. The van der Waals surface area contributed by atoms with Crippen molar-refractivity contribution in [2.24, 2.45) is 0 Å². The first-order chi connectivity index (χ1) is 10.5. The number of aryl methyl sites for hydroxylation is 1. The van der Waals surface area contributed by atoms with Crippen LogP contribution < -0.4 is 4.74 Å². The minimum Gasteiger partial charge on any atom is -0.423 e. The predicted octanol–water partition coefficient (Wildman–Crippen LogP) is 3.17. The fourth-order valence-corrected chi connectivity index (χ4v) is 3.15. The van der Waals surface area contributed by atoms with Gasteiger partial charge in [0, 0.05) is 6.08 Å². The van der Waals surface area contributed by atoms with Gasteiger partial charge in [-0.2, -0.15) is 0 Å². The van der Waals surface area contributed by atoms with Gasteiger partial charge < -0.3 is 4.74 Å². The highest BCUT2D eigenvalue weighted by Crippen LogP contribution is 2.23. The molecule has 0 heterocycles. The molecule has 2 aromatic carbocycles. The molecule has 0 N–H and O–H groups in total. The standard InChI is InChI=1S/C17H16O4S/c1-3-13-5-9-15(10-6-13)22(19,20)16-11-7-14(8-12-16)21-17(18)4-2/h4-12H,2-3H2,1H3. The lowest BCUT2D eigenvalue weighted by Crippen LogP contribution is -2.04. The molecule has 0 aliphatic heterocycles. The number of carbonyl (C=O) groups is 1. The number of esters is 1. The first-order valence-corrected chi connectivity index (χ1v) is 8.24. The lowest BCUT2D eigenvalue weighted by molar-refractivity contribution is -0.128. The summed E-state index contributed by atoms with van der Waals surface area (Å²) in [5.41, 5.74) is 1.07. The average molecular weight is 316 g/mol. The molecule has 2 aromatic rings. The molecule has 0 unspecified atom stereocenters. The summed E-state index contributed by atoms with van der Waals surface area (Å²) in [7, 11) is -3.58. The summed E-state index contributed by atoms with van der Waals surface area (Å²) in [6.45, 7) is 5.30. The van der Waals surface area contributed by atoms with Crippen molar-refractivity contribution in [1.82, 2.24) is 0 Å². The van der Waals surface area contributed by atoms with E-state index < -0.39 is 15.8 Å². The second kappa shape index (κ2) is 6.58. The number of sulfone groups is 1. The molecule has 0 aliphatic rings. The van der Waals surface area contributed by atoms with Gasteiger partial charge in [0.15, 0.2) is 0 Å². The first-order valence-electron chi connectivity index (χ1n) is 6.75. The predicted molar refractivity (Wildman–Crippen MR) is 83.5 cm³/mol. The Balaban J connectivity index is 2.28. The van der Waals surface area contributed by atoms with Gasteiger partial charge in [-0.3, -0.25) is 0 Å². The molecular weight excluding hydrogens is 300 g/mol. The van der Waals surface area contributed by atoms with E-state index >= 15 is 0 Å². The van der Waals surface area contributed by atoms with E-state index in [-0.39, 0.29) is 15.5 Å². The second-order valence-corrected chi connectivity index (χ2v) is 6.55. The van der Waals surface area contributed by atoms with E-state index in [9.17, 15) is 13.2 Å². The maximum Gasteiger partial charge on any atom is 0.335 e. The van der Waals surface area contributed by atoms with Crippen LogP contribution in [0.5, 0.6) is 5.75 Å². The van der Waals surface area contributed by atoms with Crippen LogP contribution in [0.25, 0.3) is 0 Å². The van der Waals surface area contributed by atoms with Gasteiger partial charge in [0.2, 0.25) is 9.84 Å². The smallest absolute Gasteiger partial charge is 0.335 e. The third-order valence-electron chi connectivity index (χ3n) is 3.16. The molecule has 0 saturated heterocycles. The van der Waals surface area contributed by atoms with Crippen molar-refractivity contribution >= 4 is 15.8 Å². The molecule has 0 radical (unpaired) electrons. The highest BCUT2D eigenvalue weighted by atomic mass is 32.2. The van der Waals surface area contributed by atoms with Gasteiger partial charge in [-0.05, 0) is 48.4 Å². The van der Waals surface area contributed by atoms with E-state index in [0.29, 0.717) is 0 Å². The van der Waals surface area contributed by atoms with Crippen LogP contribution in [-0.2, 0) is 21.1 Å². The molecular formula is C17H16O4S. The van der Waals surface area contributed by atoms with Gasteiger partial charge in [-0.15, -0.1) is 0 Å². The van der Waals surface area contributed by atoms with Gasteiger partial charge in [0.25, 0.3) is 0 Å². The molecule has 114 valence electrons. The van der Waals surface area contributed by atoms with Crippen molar-refractivity contribution in [3.8, 4) is 5.75 Å². The topological polar surface area (TPSA) is 60.4 Å². The average Bonchev–Trinajstić information content (AvgIpc) is 2.55. The Morgan fingerprint density at radius 2 is 1.55 bits per heavy atom. The third-order valence-corrected chi connectivity index (χ3v) is 4.95. The van der Waals surface area contributed by atoms with Crippen molar-refractivity contribution in [2.75, 3.05) is 0 Å². The Hall–Kier alpha value is -2.40. The number of rotatable bonds is 5. The van der Waals surface area contributed by atoms with Crippen LogP contribution in [-0.4, -0.2) is 14.4 Å². The molecule has 0 fully saturated rings. The Morgan fingerprint density at radius 1 is 1.05 bits per heavy atom. The van der Waals surface area contributed by atoms with Crippen molar-refractivity contribution in [2.45, 2.75) is 23.1 Å². The molecule has 0 bridgehead atoms. The number of benzene rings is 2. The summed E-state index contributed by atoms with van der Waals surface area (Å²) in [6, 6.07) is 12.5. The fourth-order valence-electron chi connectivity index (χ4n) is 1.89. The Labute approximate surface area is 130 Å². The number of hydrogen-bond donors (Lipinski definition) is 0. The SMILES string of the molecule is C=CC(=O)Oc1ccc(S(=O)(=O)c2ccc(CC)cc2)cc1. The summed E-state index contributed by atoms with van der Waals surface area (Å²) < 4.78 is 29.9. The summed E-state index contributed by atoms with van der Waals surface area (Å²) in [5, 5.41) is 0. The van der Waals surface area contributed by atoms with Crippen LogP contribution in [0.15, 0.2) is 71.0 Å². The molecule has 2 rings (SSSR count). The van der Waals surface area contributed by atoms with Gasteiger partial charge in [0.05, 0.1) is 9.79 Å². The van der Waals surface area contributed by atoms with Crippen LogP contribution in [0, 0.1) is 0 Å². The zero-order valence-corrected chi connectivity index (χ0v) is 13.0. The molecule has 0 atom stereocenters. The van der Waals surface area contributed by atoms with E-state index in [1.807, 2.05) is 6.92 Å². The molecule has 0 aliphatic carbocycles. The highest BCUT2D eigenvalue weighted by molar-refractivity contribution is 7.91. The molecule has 22 heavy (non-hydrogen) atoms.